The zero-order chi connectivity index (χ0) is 55.5. The summed E-state index contributed by atoms with van der Waals surface area (Å²) in [6, 6.07) is 18.3. The molecule has 4 amide bonds. The standard InChI is InChI=1S/C32H50N2O4.C28H45N3O3/c1-12-25(32(9,10)24-17-15-14-16-18-24)29(36)33-28(31(6,7)8)30(37)34(11)26(22(3)4)21-23(5)19-20-27(35)38-13-2;1-11-22(28(8,9)21-15-13-12-14-16-21)25(32)30-24(27(5,6)7)26(33)31(10)23(19(2)3)17-20(4)18-29-34/h14-22,25-26,28H,12-13H2,1-11H3,(H,33,36);12-19,22-24,34H,11H2,1-10H3,(H,30,32)/b20-19+,23-21+;20-17+,29-18?/t25-,26-,28?;22-,23-,24?/m11/s1. The average Bonchev–Trinajstić information content (AvgIpc) is 3.29. The molecular formula is C60H95N5O7. The van der Waals surface area contributed by atoms with Gasteiger partial charge in [-0.3, -0.25) is 19.2 Å². The second kappa shape index (κ2) is 28.7. The van der Waals surface area contributed by atoms with Crippen LogP contribution in [0.25, 0.3) is 0 Å². The van der Waals surface area contributed by atoms with Crippen LogP contribution in [-0.2, 0) is 39.5 Å². The van der Waals surface area contributed by atoms with E-state index in [0.29, 0.717) is 19.4 Å². The second-order valence-corrected chi connectivity index (χ2v) is 23.2. The minimum atomic E-state index is -0.703. The molecule has 0 fully saturated rings. The van der Waals surface area contributed by atoms with Crippen LogP contribution >= 0.6 is 0 Å². The molecule has 0 aliphatic heterocycles. The molecule has 2 aromatic rings. The molecule has 0 spiro atoms. The van der Waals surface area contributed by atoms with Gasteiger partial charge in [-0.1, -0.05) is 200 Å². The molecule has 12 heteroatoms. The zero-order valence-corrected chi connectivity index (χ0v) is 48.1. The van der Waals surface area contributed by atoms with Crippen molar-refractivity contribution in [3.63, 3.8) is 0 Å². The van der Waals surface area contributed by atoms with Gasteiger partial charge in [-0.25, -0.2) is 4.79 Å². The molecule has 2 aromatic carbocycles. The molecule has 2 unspecified atom stereocenters. The van der Waals surface area contributed by atoms with Crippen LogP contribution in [0.3, 0.4) is 0 Å². The van der Waals surface area contributed by atoms with Gasteiger partial charge in [0.1, 0.15) is 12.1 Å². The Morgan fingerprint density at radius 2 is 0.944 bits per heavy atom. The molecule has 0 aromatic heterocycles. The molecule has 0 bridgehead atoms. The van der Waals surface area contributed by atoms with Gasteiger partial charge in [-0.05, 0) is 73.0 Å². The SMILES string of the molecule is CCOC(=O)/C=C/C(C)=C/[C@H](C(C)C)N(C)C(=O)C(NC(=O)[C@@H](CC)C(C)(C)c1ccccc1)C(C)(C)C.CC[C@H](C(=O)NC(C(=O)N(C)[C@H](/C=C(\C)C=NO)C(C)C)C(C)(C)C)C(C)(C)c1ccccc1. The zero-order valence-electron chi connectivity index (χ0n) is 48.1. The molecule has 0 aliphatic carbocycles. The van der Waals surface area contributed by atoms with Crippen molar-refractivity contribution in [3.8, 4) is 0 Å². The molecule has 2 rings (SSSR count). The lowest BCUT2D eigenvalue weighted by Gasteiger charge is -2.40. The molecule has 0 heterocycles. The lowest BCUT2D eigenvalue weighted by atomic mass is 9.71. The summed E-state index contributed by atoms with van der Waals surface area (Å²) in [5.74, 6) is -1.26. The highest BCUT2D eigenvalue weighted by Gasteiger charge is 2.43. The Balaban J connectivity index is 0.000000724. The maximum atomic E-state index is 13.9. The fourth-order valence-corrected chi connectivity index (χ4v) is 9.29. The lowest BCUT2D eigenvalue weighted by Crippen LogP contribution is -2.58. The van der Waals surface area contributed by atoms with E-state index in [4.69, 9.17) is 9.94 Å². The van der Waals surface area contributed by atoms with Crippen LogP contribution in [-0.4, -0.2) is 95.7 Å². The van der Waals surface area contributed by atoms with E-state index in [2.05, 4.69) is 55.6 Å². The third-order valence-electron chi connectivity index (χ3n) is 13.9. The van der Waals surface area contributed by atoms with E-state index in [1.165, 1.54) is 12.3 Å². The van der Waals surface area contributed by atoms with Crippen molar-refractivity contribution < 1.29 is 33.9 Å². The molecule has 0 radical (unpaired) electrons. The summed E-state index contributed by atoms with van der Waals surface area (Å²) in [4.78, 5) is 70.1. The van der Waals surface area contributed by atoms with Crippen molar-refractivity contribution in [1.29, 1.82) is 0 Å². The highest BCUT2D eigenvalue weighted by atomic mass is 16.5. The van der Waals surface area contributed by atoms with Gasteiger partial charge in [0.15, 0.2) is 0 Å². The highest BCUT2D eigenvalue weighted by Crippen LogP contribution is 2.36. The average molecular weight is 998 g/mol. The molecule has 3 N–H and O–H groups in total. The Bertz CT molecular complexity index is 2160. The van der Waals surface area contributed by atoms with E-state index < -0.39 is 34.3 Å². The Morgan fingerprint density at radius 1 is 0.597 bits per heavy atom. The molecule has 402 valence electrons. The summed E-state index contributed by atoms with van der Waals surface area (Å²) in [5.41, 5.74) is 2.03. The summed E-state index contributed by atoms with van der Waals surface area (Å²) >= 11 is 0. The number of carbonyl (C=O) groups is 5. The van der Waals surface area contributed by atoms with Crippen LogP contribution in [0, 0.1) is 34.5 Å². The molecular weight excluding hydrogens is 903 g/mol. The van der Waals surface area contributed by atoms with E-state index >= 15 is 0 Å². The number of hydrogen-bond donors (Lipinski definition) is 3. The van der Waals surface area contributed by atoms with Gasteiger partial charge < -0.3 is 30.4 Å². The van der Waals surface area contributed by atoms with Crippen molar-refractivity contribution in [2.24, 2.45) is 39.7 Å². The molecule has 0 saturated carbocycles. The summed E-state index contributed by atoms with van der Waals surface area (Å²) in [5, 5.41) is 18.2. The number of ether oxygens (including phenoxy) is 1. The fourth-order valence-electron chi connectivity index (χ4n) is 9.29. The largest absolute Gasteiger partial charge is 0.463 e. The van der Waals surface area contributed by atoms with Crippen molar-refractivity contribution in [2.75, 3.05) is 20.7 Å². The number of benzene rings is 2. The van der Waals surface area contributed by atoms with Gasteiger partial charge in [0, 0.05) is 42.8 Å². The molecule has 0 saturated heterocycles. The Hall–Kier alpha value is -5.52. The number of nitrogens with zero attached hydrogens (tertiary/aromatic N) is 3. The van der Waals surface area contributed by atoms with Crippen molar-refractivity contribution in [1.82, 2.24) is 20.4 Å². The molecule has 6 atom stereocenters. The van der Waals surface area contributed by atoms with Gasteiger partial charge >= 0.3 is 5.97 Å². The van der Waals surface area contributed by atoms with Crippen LogP contribution in [0.5, 0.6) is 0 Å². The number of nitrogens with one attached hydrogen (secondary N) is 2. The number of hydrogen-bond acceptors (Lipinski definition) is 8. The number of esters is 1. The van der Waals surface area contributed by atoms with Crippen LogP contribution in [0.2, 0.25) is 0 Å². The highest BCUT2D eigenvalue weighted by molar-refractivity contribution is 5.91. The Labute approximate surface area is 435 Å². The molecule has 72 heavy (non-hydrogen) atoms. The van der Waals surface area contributed by atoms with E-state index in [0.717, 1.165) is 22.3 Å². The smallest absolute Gasteiger partial charge is 0.330 e. The van der Waals surface area contributed by atoms with E-state index in [9.17, 15) is 24.0 Å². The van der Waals surface area contributed by atoms with Gasteiger partial charge in [0.25, 0.3) is 0 Å². The molecule has 0 aliphatic rings. The number of rotatable bonds is 22. The lowest BCUT2D eigenvalue weighted by molar-refractivity contribution is -0.141. The molecule has 12 nitrogen and oxygen atoms in total. The Kier molecular flexibility index (Phi) is 25.7. The number of carbonyl (C=O) groups excluding carboxylic acids is 5. The van der Waals surface area contributed by atoms with Gasteiger partial charge in [0.2, 0.25) is 23.6 Å². The first kappa shape index (κ1) is 64.5. The first-order valence-corrected chi connectivity index (χ1v) is 25.9. The van der Waals surface area contributed by atoms with Gasteiger partial charge in [-0.2, -0.15) is 0 Å². The Morgan fingerprint density at radius 3 is 1.24 bits per heavy atom. The van der Waals surface area contributed by atoms with Crippen molar-refractivity contribution in [3.05, 3.63) is 107 Å². The third-order valence-corrected chi connectivity index (χ3v) is 13.9. The third kappa shape index (κ3) is 18.8. The van der Waals surface area contributed by atoms with Crippen molar-refractivity contribution in [2.45, 2.75) is 179 Å². The quantitative estimate of drug-likeness (QED) is 0.0265. The van der Waals surface area contributed by atoms with Crippen LogP contribution < -0.4 is 10.6 Å². The second-order valence-electron chi connectivity index (χ2n) is 23.2. The van der Waals surface area contributed by atoms with Crippen LogP contribution in [0.1, 0.15) is 156 Å². The van der Waals surface area contributed by atoms with Crippen LogP contribution in [0.4, 0.5) is 0 Å². The first-order chi connectivity index (χ1) is 33.2. The number of allylic oxidation sites excluding steroid dienone is 3. The van der Waals surface area contributed by atoms with Crippen molar-refractivity contribution >= 4 is 35.8 Å². The minimum absolute atomic E-state index is 0.113. The summed E-state index contributed by atoms with van der Waals surface area (Å²) in [7, 11) is 3.55. The number of likely N-dealkylation sites (N-methyl/N-ethyl adjacent to an activating group) is 2. The normalized spacial score (nSPS) is 15.5. The monoisotopic (exact) mass is 998 g/mol. The van der Waals surface area contributed by atoms with E-state index in [1.807, 2.05) is 158 Å². The van der Waals surface area contributed by atoms with Crippen LogP contribution in [0.15, 0.2) is 101 Å². The first-order valence-electron chi connectivity index (χ1n) is 25.9. The fraction of sp³-hybridized carbons (Fsp3) is 0.600. The predicted molar refractivity (Wildman–Crippen MR) is 296 cm³/mol. The van der Waals surface area contributed by atoms with E-state index in [1.54, 1.807) is 36.9 Å². The summed E-state index contributed by atoms with van der Waals surface area (Å²) < 4.78 is 4.96. The van der Waals surface area contributed by atoms with E-state index in [-0.39, 0.29) is 64.8 Å². The topological polar surface area (TPSA) is 158 Å². The summed E-state index contributed by atoms with van der Waals surface area (Å²) in [6.07, 6.45) is 9.65. The number of amides is 4. The predicted octanol–water partition coefficient (Wildman–Crippen LogP) is 11.5. The van der Waals surface area contributed by atoms with Gasteiger partial charge in [-0.15, -0.1) is 0 Å². The van der Waals surface area contributed by atoms with Gasteiger partial charge in [0.05, 0.1) is 24.9 Å². The maximum Gasteiger partial charge on any atom is 0.330 e. The number of oxime groups is 1. The minimum Gasteiger partial charge on any atom is -0.463 e. The summed E-state index contributed by atoms with van der Waals surface area (Å²) in [6.45, 7) is 38.2. The maximum absolute atomic E-state index is 13.9.